The zero-order valence-corrected chi connectivity index (χ0v) is 12.1. The third-order valence-electron chi connectivity index (χ3n) is 2.85. The van der Waals surface area contributed by atoms with Crippen molar-refractivity contribution >= 4 is 17.4 Å². The normalized spacial score (nSPS) is 9.90. The molecule has 20 heavy (non-hydrogen) atoms. The van der Waals surface area contributed by atoms with E-state index in [1.165, 1.54) is 0 Å². The summed E-state index contributed by atoms with van der Waals surface area (Å²) in [6.07, 6.45) is 0. The van der Waals surface area contributed by atoms with Gasteiger partial charge in [0.25, 0.3) is 0 Å². The van der Waals surface area contributed by atoms with Crippen molar-refractivity contribution in [1.29, 1.82) is 5.26 Å². The van der Waals surface area contributed by atoms with E-state index >= 15 is 0 Å². The molecule has 1 aromatic heterocycles. The summed E-state index contributed by atoms with van der Waals surface area (Å²) in [4.78, 5) is 6.16. The van der Waals surface area contributed by atoms with Crippen molar-refractivity contribution in [1.82, 2.24) is 4.98 Å². The van der Waals surface area contributed by atoms with Gasteiger partial charge in [0.05, 0.1) is 18.7 Å². The summed E-state index contributed by atoms with van der Waals surface area (Å²) in [7, 11) is 3.54. The third-order valence-corrected chi connectivity index (χ3v) is 3.05. The van der Waals surface area contributed by atoms with Crippen molar-refractivity contribution < 1.29 is 4.74 Å². The van der Waals surface area contributed by atoms with Crippen LogP contribution in [0, 0.1) is 11.3 Å². The highest BCUT2D eigenvalue weighted by atomic mass is 35.5. The molecule has 1 heterocycles. The Morgan fingerprint density at radius 1 is 1.35 bits per heavy atom. The quantitative estimate of drug-likeness (QED) is 0.810. The maximum Gasteiger partial charge on any atom is 0.132 e. The van der Waals surface area contributed by atoms with Gasteiger partial charge in [-0.1, -0.05) is 23.7 Å². The molecule has 2 rings (SSSR count). The number of nitriles is 1. The standard InChI is InChI=1S/C15H14ClN3O/c1-19(10-11-4-3-5-13(6-11)20-2)15-8-12(9-17)7-14(16)18-15/h3-8H,10H2,1-2H3. The van der Waals surface area contributed by atoms with E-state index < -0.39 is 0 Å². The molecule has 0 aliphatic heterocycles. The van der Waals surface area contributed by atoms with Crippen LogP contribution in [0.2, 0.25) is 5.15 Å². The summed E-state index contributed by atoms with van der Waals surface area (Å²) in [6, 6.07) is 13.1. The third kappa shape index (κ3) is 3.40. The maximum absolute atomic E-state index is 8.95. The van der Waals surface area contributed by atoms with Gasteiger partial charge in [-0.25, -0.2) is 4.98 Å². The van der Waals surface area contributed by atoms with Crippen LogP contribution in [0.1, 0.15) is 11.1 Å². The number of hydrogen-bond acceptors (Lipinski definition) is 4. The van der Waals surface area contributed by atoms with E-state index in [1.54, 1.807) is 19.2 Å². The molecule has 0 spiro atoms. The Bertz CT molecular complexity index is 652. The number of hydrogen-bond donors (Lipinski definition) is 0. The minimum Gasteiger partial charge on any atom is -0.497 e. The number of methoxy groups -OCH3 is 1. The Kier molecular flexibility index (Phi) is 4.44. The van der Waals surface area contributed by atoms with Crippen molar-refractivity contribution in [3.8, 4) is 11.8 Å². The number of aromatic nitrogens is 1. The van der Waals surface area contributed by atoms with Crippen LogP contribution < -0.4 is 9.64 Å². The monoisotopic (exact) mass is 287 g/mol. The molecule has 0 fully saturated rings. The minimum atomic E-state index is 0.316. The van der Waals surface area contributed by atoms with Gasteiger partial charge in [0.1, 0.15) is 16.7 Å². The fourth-order valence-electron chi connectivity index (χ4n) is 1.87. The van der Waals surface area contributed by atoms with E-state index in [-0.39, 0.29) is 0 Å². The second-order valence-electron chi connectivity index (χ2n) is 4.36. The fraction of sp³-hybridized carbons (Fsp3) is 0.200. The van der Waals surface area contributed by atoms with E-state index in [0.29, 0.717) is 23.1 Å². The lowest BCUT2D eigenvalue weighted by Crippen LogP contribution is -2.17. The predicted octanol–water partition coefficient (Wildman–Crippen LogP) is 3.25. The molecule has 4 nitrogen and oxygen atoms in total. The van der Waals surface area contributed by atoms with Gasteiger partial charge in [-0.05, 0) is 29.8 Å². The van der Waals surface area contributed by atoms with Gasteiger partial charge in [0.15, 0.2) is 0 Å². The van der Waals surface area contributed by atoms with Crippen molar-refractivity contribution in [3.63, 3.8) is 0 Å². The largest absolute Gasteiger partial charge is 0.497 e. The van der Waals surface area contributed by atoms with Crippen LogP contribution in [-0.4, -0.2) is 19.1 Å². The zero-order valence-electron chi connectivity index (χ0n) is 11.3. The molecule has 0 bridgehead atoms. The average Bonchev–Trinajstić information content (AvgIpc) is 2.46. The number of ether oxygens (including phenoxy) is 1. The molecular formula is C15H14ClN3O. The molecule has 0 N–H and O–H groups in total. The van der Waals surface area contributed by atoms with Crippen molar-refractivity contribution in [2.24, 2.45) is 0 Å². The van der Waals surface area contributed by atoms with E-state index in [9.17, 15) is 0 Å². The molecule has 0 saturated heterocycles. The highest BCUT2D eigenvalue weighted by Crippen LogP contribution is 2.20. The second-order valence-corrected chi connectivity index (χ2v) is 4.74. The van der Waals surface area contributed by atoms with Crippen molar-refractivity contribution in [2.75, 3.05) is 19.1 Å². The Morgan fingerprint density at radius 3 is 2.85 bits per heavy atom. The molecule has 102 valence electrons. The number of halogens is 1. The molecule has 0 amide bonds. The summed E-state index contributed by atoms with van der Waals surface area (Å²) in [5, 5.41) is 9.27. The zero-order chi connectivity index (χ0) is 14.5. The Morgan fingerprint density at radius 2 is 2.15 bits per heavy atom. The molecule has 0 unspecified atom stereocenters. The molecular weight excluding hydrogens is 274 g/mol. The molecule has 0 atom stereocenters. The van der Waals surface area contributed by atoms with Crippen molar-refractivity contribution in [2.45, 2.75) is 6.54 Å². The Balaban J connectivity index is 2.21. The van der Waals surface area contributed by atoms with Gasteiger partial charge in [0.2, 0.25) is 0 Å². The number of pyridine rings is 1. The van der Waals surface area contributed by atoms with Crippen LogP contribution in [0.4, 0.5) is 5.82 Å². The summed E-state index contributed by atoms with van der Waals surface area (Å²) < 4.78 is 5.20. The highest BCUT2D eigenvalue weighted by Gasteiger charge is 2.07. The number of rotatable bonds is 4. The van der Waals surface area contributed by atoms with Gasteiger partial charge < -0.3 is 9.64 Å². The lowest BCUT2D eigenvalue weighted by molar-refractivity contribution is 0.414. The van der Waals surface area contributed by atoms with Crippen molar-refractivity contribution in [3.05, 3.63) is 52.7 Å². The van der Waals surface area contributed by atoms with E-state index in [0.717, 1.165) is 11.3 Å². The molecule has 0 radical (unpaired) electrons. The molecule has 0 aliphatic carbocycles. The predicted molar refractivity (Wildman–Crippen MR) is 79.1 cm³/mol. The van der Waals surface area contributed by atoms with E-state index in [4.69, 9.17) is 21.6 Å². The molecule has 0 aliphatic rings. The van der Waals surface area contributed by atoms with Gasteiger partial charge >= 0.3 is 0 Å². The number of nitrogens with zero attached hydrogens (tertiary/aromatic N) is 3. The van der Waals surface area contributed by atoms with Gasteiger partial charge in [-0.3, -0.25) is 0 Å². The van der Waals surface area contributed by atoms with Gasteiger partial charge in [-0.2, -0.15) is 5.26 Å². The fourth-order valence-corrected chi connectivity index (χ4v) is 2.07. The first-order valence-corrected chi connectivity index (χ1v) is 6.42. The molecule has 5 heteroatoms. The Hall–Kier alpha value is -2.25. The SMILES string of the molecule is COc1cccc(CN(C)c2cc(C#N)cc(Cl)n2)c1. The first-order chi connectivity index (χ1) is 9.62. The number of benzene rings is 1. The van der Waals surface area contributed by atoms with Crippen LogP contribution in [-0.2, 0) is 6.54 Å². The maximum atomic E-state index is 8.95. The van der Waals surface area contributed by atoms with Gasteiger partial charge in [-0.15, -0.1) is 0 Å². The molecule has 1 aromatic carbocycles. The first-order valence-electron chi connectivity index (χ1n) is 6.04. The van der Waals surface area contributed by atoms with Crippen LogP contribution in [0.25, 0.3) is 0 Å². The van der Waals surface area contributed by atoms with Crippen LogP contribution in [0.15, 0.2) is 36.4 Å². The summed E-state index contributed by atoms with van der Waals surface area (Å²) in [5.41, 5.74) is 1.59. The number of anilines is 1. The highest BCUT2D eigenvalue weighted by molar-refractivity contribution is 6.29. The lowest BCUT2D eigenvalue weighted by Gasteiger charge is -2.19. The smallest absolute Gasteiger partial charge is 0.132 e. The minimum absolute atomic E-state index is 0.316. The summed E-state index contributed by atoms with van der Waals surface area (Å²) in [6.45, 7) is 0.648. The van der Waals surface area contributed by atoms with Crippen LogP contribution in [0.5, 0.6) is 5.75 Å². The summed E-state index contributed by atoms with van der Waals surface area (Å²) >= 11 is 5.91. The molecule has 2 aromatic rings. The van der Waals surface area contributed by atoms with Crippen LogP contribution >= 0.6 is 11.6 Å². The second kappa shape index (κ2) is 6.27. The van der Waals surface area contributed by atoms with Crippen LogP contribution in [0.3, 0.4) is 0 Å². The van der Waals surface area contributed by atoms with Gasteiger partial charge in [0, 0.05) is 13.6 Å². The average molecular weight is 288 g/mol. The first kappa shape index (κ1) is 14.2. The Labute approximate surface area is 123 Å². The molecule has 0 saturated carbocycles. The summed E-state index contributed by atoms with van der Waals surface area (Å²) in [5.74, 6) is 1.48. The van der Waals surface area contributed by atoms with E-state index in [1.807, 2.05) is 36.2 Å². The topological polar surface area (TPSA) is 49.1 Å². The lowest BCUT2D eigenvalue weighted by atomic mass is 10.2. The van der Waals surface area contributed by atoms with E-state index in [2.05, 4.69) is 11.1 Å².